The normalized spacial score (nSPS) is 14.2. The molecule has 2 aromatic carbocycles. The van der Waals surface area contributed by atoms with Crippen LogP contribution in [0.15, 0.2) is 24.3 Å². The minimum atomic E-state index is -3.49. The molecule has 4 bridgehead atoms. The highest BCUT2D eigenvalue weighted by molar-refractivity contribution is 7.53. The Balaban J connectivity index is 2.29. The van der Waals surface area contributed by atoms with Crippen molar-refractivity contribution in [2.24, 2.45) is 0 Å². The molecule has 0 aliphatic heterocycles. The Kier molecular flexibility index (Phi) is 18.7. The zero-order valence-corrected chi connectivity index (χ0v) is 35.9. The zero-order chi connectivity index (χ0) is 38.4. The lowest BCUT2D eigenvalue weighted by Gasteiger charge is -2.26. The monoisotopic (exact) mass is 808 g/mol. The van der Waals surface area contributed by atoms with E-state index in [2.05, 4.69) is 0 Å². The lowest BCUT2D eigenvalue weighted by Crippen LogP contribution is -2.12. The molecule has 0 saturated heterocycles. The maximum Gasteiger partial charge on any atom is 0.335 e. The van der Waals surface area contributed by atoms with E-state index < -0.39 is 30.4 Å². The van der Waals surface area contributed by atoms with Gasteiger partial charge in [0, 0.05) is 0 Å². The van der Waals surface area contributed by atoms with Gasteiger partial charge in [-0.1, -0.05) is 24.3 Å². The number of rotatable bonds is 24. The van der Waals surface area contributed by atoms with Crippen molar-refractivity contribution in [3.05, 3.63) is 68.8 Å². The van der Waals surface area contributed by atoms with Gasteiger partial charge >= 0.3 is 30.4 Å². The molecule has 0 N–H and O–H groups in total. The quantitative estimate of drug-likeness (QED) is 0.0932. The van der Waals surface area contributed by atoms with Crippen molar-refractivity contribution in [2.75, 3.05) is 52.9 Å². The summed E-state index contributed by atoms with van der Waals surface area (Å²) in [5, 5.41) is 0. The molecular formula is C36H60O12P4. The lowest BCUT2D eigenvalue weighted by molar-refractivity contribution is 0.217. The highest BCUT2D eigenvalue weighted by Gasteiger charge is 2.32. The van der Waals surface area contributed by atoms with Crippen molar-refractivity contribution < 1.29 is 54.5 Å². The highest BCUT2D eigenvalue weighted by atomic mass is 31.2. The van der Waals surface area contributed by atoms with E-state index in [0.717, 1.165) is 44.5 Å². The van der Waals surface area contributed by atoms with E-state index in [4.69, 9.17) is 36.2 Å². The lowest BCUT2D eigenvalue weighted by atomic mass is 9.88. The molecule has 0 spiro atoms. The van der Waals surface area contributed by atoms with E-state index >= 15 is 0 Å². The summed E-state index contributed by atoms with van der Waals surface area (Å²) in [5.41, 5.74) is 6.77. The topological polar surface area (TPSA) is 142 Å². The van der Waals surface area contributed by atoms with Crippen molar-refractivity contribution in [1.29, 1.82) is 0 Å². The molecule has 296 valence electrons. The van der Waals surface area contributed by atoms with Gasteiger partial charge in [0.1, 0.15) is 0 Å². The van der Waals surface area contributed by atoms with Gasteiger partial charge in [0.15, 0.2) is 0 Å². The van der Waals surface area contributed by atoms with Gasteiger partial charge in [-0.3, -0.25) is 18.3 Å². The van der Waals surface area contributed by atoms with Crippen molar-refractivity contribution in [2.45, 2.75) is 106 Å². The van der Waals surface area contributed by atoms with Crippen molar-refractivity contribution in [3.8, 4) is 0 Å². The fraction of sp³-hybridized carbons (Fsp3) is 0.667. The average Bonchev–Trinajstić information content (AvgIpc) is 3.05. The van der Waals surface area contributed by atoms with Crippen molar-refractivity contribution in [1.82, 2.24) is 0 Å². The Morgan fingerprint density at radius 3 is 0.635 bits per heavy atom. The van der Waals surface area contributed by atoms with Gasteiger partial charge in [-0.15, -0.1) is 0 Å². The zero-order valence-electron chi connectivity index (χ0n) is 32.3. The molecule has 0 atom stereocenters. The van der Waals surface area contributed by atoms with Crippen LogP contribution in [0.2, 0.25) is 0 Å². The molecule has 4 aliphatic carbocycles. The van der Waals surface area contributed by atoms with E-state index in [1.54, 1.807) is 55.4 Å². The van der Waals surface area contributed by atoms with Gasteiger partial charge < -0.3 is 36.2 Å². The first kappa shape index (κ1) is 45.4. The number of benzene rings is 2. The average molecular weight is 809 g/mol. The maximum absolute atomic E-state index is 13.9. The van der Waals surface area contributed by atoms with Crippen LogP contribution in [0, 0.1) is 0 Å². The van der Waals surface area contributed by atoms with Crippen LogP contribution < -0.4 is 0 Å². The smallest absolute Gasteiger partial charge is 0.309 e. The molecule has 52 heavy (non-hydrogen) atoms. The molecule has 0 fully saturated rings. The second-order valence-electron chi connectivity index (χ2n) is 12.2. The van der Waals surface area contributed by atoms with Gasteiger partial charge in [-0.2, -0.15) is 0 Å². The second-order valence-corrected chi connectivity index (χ2v) is 20.4. The summed E-state index contributed by atoms with van der Waals surface area (Å²) in [6, 6.07) is 8.09. The first-order chi connectivity index (χ1) is 24.8. The van der Waals surface area contributed by atoms with Gasteiger partial charge in [0.05, 0.1) is 77.5 Å². The number of aryl methyl sites for hydroxylation is 4. The molecule has 2 aromatic rings. The van der Waals surface area contributed by atoms with Crippen LogP contribution >= 0.6 is 30.4 Å². The molecule has 0 unspecified atom stereocenters. The molecule has 0 saturated carbocycles. The van der Waals surface area contributed by atoms with Gasteiger partial charge in [0.25, 0.3) is 0 Å². The predicted molar refractivity (Wildman–Crippen MR) is 206 cm³/mol. The van der Waals surface area contributed by atoms with E-state index in [1.165, 1.54) is 0 Å². The largest absolute Gasteiger partial charge is 0.335 e. The third-order valence-electron chi connectivity index (χ3n) is 8.43. The Hall–Kier alpha value is -0.960. The Bertz CT molecular complexity index is 1370. The van der Waals surface area contributed by atoms with Crippen LogP contribution in [0.1, 0.15) is 99.9 Å². The molecule has 0 amide bonds. The maximum atomic E-state index is 13.9. The van der Waals surface area contributed by atoms with Crippen LogP contribution in [-0.4, -0.2) is 52.9 Å². The van der Waals surface area contributed by atoms with Crippen LogP contribution in [-0.2, 0) is 105 Å². The second kappa shape index (κ2) is 21.4. The molecule has 16 heteroatoms. The van der Waals surface area contributed by atoms with E-state index in [-0.39, 0.29) is 77.5 Å². The fourth-order valence-electron chi connectivity index (χ4n) is 6.56. The van der Waals surface area contributed by atoms with Crippen LogP contribution in [0.25, 0.3) is 0 Å². The third-order valence-corrected chi connectivity index (χ3v) is 16.6. The van der Waals surface area contributed by atoms with Gasteiger partial charge in [-0.05, 0) is 126 Å². The summed E-state index contributed by atoms with van der Waals surface area (Å²) in [7, 11) is -14.0. The van der Waals surface area contributed by atoms with Crippen molar-refractivity contribution in [3.63, 3.8) is 0 Å². The first-order valence-electron chi connectivity index (χ1n) is 18.6. The summed E-state index contributed by atoms with van der Waals surface area (Å²) in [6.07, 6.45) is 2.17. The van der Waals surface area contributed by atoms with E-state index in [1.807, 2.05) is 24.3 Å². The van der Waals surface area contributed by atoms with Crippen LogP contribution in [0.3, 0.4) is 0 Å². The van der Waals surface area contributed by atoms with Crippen LogP contribution in [0.5, 0.6) is 0 Å². The highest BCUT2D eigenvalue weighted by Crippen LogP contribution is 2.56. The Morgan fingerprint density at radius 1 is 0.346 bits per heavy atom. The molecule has 4 aliphatic rings. The van der Waals surface area contributed by atoms with E-state index in [9.17, 15) is 18.3 Å². The van der Waals surface area contributed by atoms with Gasteiger partial charge in [0.2, 0.25) is 0 Å². The summed E-state index contributed by atoms with van der Waals surface area (Å²) < 4.78 is 101. The summed E-state index contributed by atoms with van der Waals surface area (Å²) in [5.74, 6) is 0. The molecule has 0 heterocycles. The van der Waals surface area contributed by atoms with Gasteiger partial charge in [-0.25, -0.2) is 0 Å². The standard InChI is InChI=1S/C36H60O12P4/c1-9-41-49(37,42-10-2)25-33-21-30-19-20-32-24-35(27-51(39,45-13-5)46-14-6)31(23-36(32)28-52(40,47-15-7)48-16-8)18-17-29(33)22-34(30)26-50(38,43-11-3)44-12-4/h21-24H,9-20,25-28H2,1-8H3. The number of hydrogen-bond donors (Lipinski definition) is 0. The predicted octanol–water partition coefficient (Wildman–Crippen LogP) is 10.6. The third kappa shape index (κ3) is 13.1. The summed E-state index contributed by atoms with van der Waals surface area (Å²) in [6.45, 7) is 16.1. The number of hydrogen-bond acceptors (Lipinski definition) is 12. The summed E-state index contributed by atoms with van der Waals surface area (Å²) in [4.78, 5) is 0. The molecule has 0 radical (unpaired) electrons. The Morgan fingerprint density at radius 2 is 0.500 bits per heavy atom. The summed E-state index contributed by atoms with van der Waals surface area (Å²) >= 11 is 0. The van der Waals surface area contributed by atoms with Crippen molar-refractivity contribution >= 4 is 30.4 Å². The SMILES string of the molecule is CCOP(=O)(Cc1cc2c(CP(=O)(OCC)OCC)cc1CCc1cc(CP(=O)(OCC)OCC)c(cc1CP(=O)(OCC)OCC)CC2)OCC. The molecular weight excluding hydrogens is 748 g/mol. The minimum absolute atomic E-state index is 0.0668. The molecule has 6 rings (SSSR count). The van der Waals surface area contributed by atoms with Crippen LogP contribution in [0.4, 0.5) is 0 Å². The fourth-order valence-corrected chi connectivity index (χ4v) is 13.6. The minimum Gasteiger partial charge on any atom is -0.309 e. The Labute approximate surface area is 311 Å². The first-order valence-corrected chi connectivity index (χ1v) is 25.5. The molecule has 12 nitrogen and oxygen atoms in total. The van der Waals surface area contributed by atoms with E-state index in [0.29, 0.717) is 25.7 Å². The molecule has 0 aromatic heterocycles.